The molecule has 0 aliphatic rings. The van der Waals surface area contributed by atoms with Crippen molar-refractivity contribution >= 4 is 5.95 Å². The van der Waals surface area contributed by atoms with E-state index >= 15 is 0 Å². The van der Waals surface area contributed by atoms with Crippen molar-refractivity contribution in [3.05, 3.63) is 30.2 Å². The highest BCUT2D eigenvalue weighted by molar-refractivity contribution is 5.69. The molecule has 1 heterocycles. The molecule has 6 heteroatoms. The van der Waals surface area contributed by atoms with Crippen molar-refractivity contribution < 1.29 is 13.9 Å². The van der Waals surface area contributed by atoms with Gasteiger partial charge in [-0.05, 0) is 18.6 Å². The Labute approximate surface area is 123 Å². The van der Waals surface area contributed by atoms with E-state index in [1.165, 1.54) is 7.11 Å². The number of hydrogen-bond donors (Lipinski definition) is 1. The minimum absolute atomic E-state index is 0.197. The third-order valence-electron chi connectivity index (χ3n) is 2.94. The Kier molecular flexibility index (Phi) is 4.92. The molecule has 0 saturated heterocycles. The van der Waals surface area contributed by atoms with Gasteiger partial charge in [-0.3, -0.25) is 0 Å². The van der Waals surface area contributed by atoms with Crippen molar-refractivity contribution in [3.63, 3.8) is 0 Å². The summed E-state index contributed by atoms with van der Waals surface area (Å²) in [6, 6.07) is 5.14. The van der Waals surface area contributed by atoms with Crippen LogP contribution in [0.4, 0.5) is 10.3 Å². The molecule has 0 bridgehead atoms. The van der Waals surface area contributed by atoms with Gasteiger partial charge in [0.25, 0.3) is 0 Å². The maximum Gasteiger partial charge on any atom is 0.223 e. The number of ether oxygens (including phenoxy) is 2. The number of nitrogens with one attached hydrogen (secondary N) is 1. The molecule has 5 nitrogen and oxygen atoms in total. The Morgan fingerprint density at radius 1 is 1.24 bits per heavy atom. The second-order valence-corrected chi connectivity index (χ2v) is 4.38. The van der Waals surface area contributed by atoms with E-state index in [0.29, 0.717) is 23.0 Å². The second-order valence-electron chi connectivity index (χ2n) is 4.38. The Morgan fingerprint density at radius 3 is 2.71 bits per heavy atom. The summed E-state index contributed by atoms with van der Waals surface area (Å²) < 4.78 is 24.5. The van der Waals surface area contributed by atoms with Crippen LogP contribution in [0.3, 0.4) is 0 Å². The number of methoxy groups -OCH3 is 2. The molecule has 0 atom stereocenters. The summed E-state index contributed by atoms with van der Waals surface area (Å²) in [4.78, 5) is 8.15. The topological polar surface area (TPSA) is 56.3 Å². The van der Waals surface area contributed by atoms with Crippen molar-refractivity contribution in [2.45, 2.75) is 13.3 Å². The van der Waals surface area contributed by atoms with Crippen LogP contribution in [0.25, 0.3) is 11.3 Å². The van der Waals surface area contributed by atoms with Crippen LogP contribution in [-0.2, 0) is 0 Å². The molecular weight excluding hydrogens is 273 g/mol. The predicted molar refractivity (Wildman–Crippen MR) is 79.3 cm³/mol. The van der Waals surface area contributed by atoms with Crippen LogP contribution < -0.4 is 14.8 Å². The lowest BCUT2D eigenvalue weighted by Gasteiger charge is -2.11. The van der Waals surface area contributed by atoms with Gasteiger partial charge in [0.15, 0.2) is 5.82 Å². The molecule has 0 amide bonds. The number of halogens is 1. The minimum Gasteiger partial charge on any atom is -0.497 e. The molecular formula is C15H18FN3O2. The van der Waals surface area contributed by atoms with E-state index in [9.17, 15) is 4.39 Å². The lowest BCUT2D eigenvalue weighted by atomic mass is 10.1. The first kappa shape index (κ1) is 15.0. The maximum absolute atomic E-state index is 14.0. The summed E-state index contributed by atoms with van der Waals surface area (Å²) in [5, 5.41) is 3.04. The fraction of sp³-hybridized carbons (Fsp3) is 0.333. The zero-order valence-corrected chi connectivity index (χ0v) is 12.3. The SMILES string of the molecule is CCCNc1ncc(F)c(-c2ccc(OC)cc2OC)n1. The average molecular weight is 291 g/mol. The van der Waals surface area contributed by atoms with E-state index in [2.05, 4.69) is 15.3 Å². The summed E-state index contributed by atoms with van der Waals surface area (Å²) in [7, 11) is 3.08. The van der Waals surface area contributed by atoms with Gasteiger partial charge in [0.1, 0.15) is 17.2 Å². The lowest BCUT2D eigenvalue weighted by Crippen LogP contribution is -2.06. The highest BCUT2D eigenvalue weighted by Gasteiger charge is 2.15. The largest absolute Gasteiger partial charge is 0.497 e. The van der Waals surface area contributed by atoms with Crippen LogP contribution in [0.15, 0.2) is 24.4 Å². The number of benzene rings is 1. The average Bonchev–Trinajstić information content (AvgIpc) is 2.53. The molecule has 2 aromatic rings. The molecule has 112 valence electrons. The van der Waals surface area contributed by atoms with Crippen LogP contribution in [0.5, 0.6) is 11.5 Å². The van der Waals surface area contributed by atoms with Gasteiger partial charge in [0.05, 0.1) is 20.4 Å². The van der Waals surface area contributed by atoms with Gasteiger partial charge >= 0.3 is 0 Å². The Bertz CT molecular complexity index is 620. The molecule has 0 aliphatic heterocycles. The van der Waals surface area contributed by atoms with E-state index in [0.717, 1.165) is 19.2 Å². The van der Waals surface area contributed by atoms with Crippen LogP contribution in [0.1, 0.15) is 13.3 Å². The van der Waals surface area contributed by atoms with E-state index in [1.54, 1.807) is 25.3 Å². The molecule has 1 aromatic heterocycles. The van der Waals surface area contributed by atoms with Crippen molar-refractivity contribution in [2.75, 3.05) is 26.1 Å². The molecule has 0 aliphatic carbocycles. The molecule has 0 unspecified atom stereocenters. The second kappa shape index (κ2) is 6.88. The Balaban J connectivity index is 2.45. The molecule has 21 heavy (non-hydrogen) atoms. The van der Waals surface area contributed by atoms with Crippen LogP contribution in [-0.4, -0.2) is 30.7 Å². The first-order chi connectivity index (χ1) is 10.2. The zero-order valence-electron chi connectivity index (χ0n) is 12.3. The van der Waals surface area contributed by atoms with E-state index in [-0.39, 0.29) is 5.69 Å². The van der Waals surface area contributed by atoms with Crippen molar-refractivity contribution in [1.29, 1.82) is 0 Å². The normalized spacial score (nSPS) is 10.3. The fourth-order valence-corrected chi connectivity index (χ4v) is 1.87. The first-order valence-electron chi connectivity index (χ1n) is 6.68. The number of nitrogens with zero attached hydrogens (tertiary/aromatic N) is 2. The monoisotopic (exact) mass is 291 g/mol. The van der Waals surface area contributed by atoms with Gasteiger partial charge in [0, 0.05) is 18.2 Å². The van der Waals surface area contributed by atoms with E-state index in [1.807, 2.05) is 6.92 Å². The predicted octanol–water partition coefficient (Wildman–Crippen LogP) is 3.12. The van der Waals surface area contributed by atoms with Crippen molar-refractivity contribution in [3.8, 4) is 22.8 Å². The van der Waals surface area contributed by atoms with E-state index in [4.69, 9.17) is 9.47 Å². The molecule has 1 aromatic carbocycles. The third-order valence-corrected chi connectivity index (χ3v) is 2.94. The highest BCUT2D eigenvalue weighted by atomic mass is 19.1. The molecule has 0 radical (unpaired) electrons. The van der Waals surface area contributed by atoms with Gasteiger partial charge in [-0.15, -0.1) is 0 Å². The molecule has 0 spiro atoms. The molecule has 2 rings (SSSR count). The molecule has 0 fully saturated rings. The smallest absolute Gasteiger partial charge is 0.223 e. The number of rotatable bonds is 6. The summed E-state index contributed by atoms with van der Waals surface area (Å²) in [6.45, 7) is 2.76. The number of hydrogen-bond acceptors (Lipinski definition) is 5. The maximum atomic E-state index is 14.0. The van der Waals surface area contributed by atoms with Crippen molar-refractivity contribution in [2.24, 2.45) is 0 Å². The Morgan fingerprint density at radius 2 is 2.05 bits per heavy atom. The van der Waals surface area contributed by atoms with Gasteiger partial charge in [0.2, 0.25) is 5.95 Å². The van der Waals surface area contributed by atoms with Gasteiger partial charge in [-0.25, -0.2) is 14.4 Å². The highest BCUT2D eigenvalue weighted by Crippen LogP contribution is 2.33. The standard InChI is InChI=1S/C15H18FN3O2/c1-4-7-17-15-18-9-12(16)14(19-15)11-6-5-10(20-2)8-13(11)21-3/h5-6,8-9H,4,7H2,1-3H3,(H,17,18,19). The fourth-order valence-electron chi connectivity index (χ4n) is 1.87. The van der Waals surface area contributed by atoms with Gasteiger partial charge in [-0.1, -0.05) is 6.92 Å². The number of aromatic nitrogens is 2. The quantitative estimate of drug-likeness (QED) is 0.886. The summed E-state index contributed by atoms with van der Waals surface area (Å²) >= 11 is 0. The van der Waals surface area contributed by atoms with Crippen LogP contribution in [0.2, 0.25) is 0 Å². The molecule has 0 saturated carbocycles. The summed E-state index contributed by atoms with van der Waals surface area (Å²) in [5.41, 5.74) is 0.751. The minimum atomic E-state index is -0.500. The van der Waals surface area contributed by atoms with Crippen molar-refractivity contribution in [1.82, 2.24) is 9.97 Å². The third kappa shape index (κ3) is 3.39. The first-order valence-corrected chi connectivity index (χ1v) is 6.68. The summed E-state index contributed by atoms with van der Waals surface area (Å²) in [6.07, 6.45) is 2.09. The summed E-state index contributed by atoms with van der Waals surface area (Å²) in [5.74, 6) is 1.02. The number of anilines is 1. The van der Waals surface area contributed by atoms with Gasteiger partial charge < -0.3 is 14.8 Å². The Hall–Kier alpha value is -2.37. The molecule has 1 N–H and O–H groups in total. The van der Waals surface area contributed by atoms with E-state index < -0.39 is 5.82 Å². The van der Waals surface area contributed by atoms with Crippen LogP contribution >= 0.6 is 0 Å². The zero-order chi connectivity index (χ0) is 15.2. The van der Waals surface area contributed by atoms with Crippen LogP contribution in [0, 0.1) is 5.82 Å². The van der Waals surface area contributed by atoms with Gasteiger partial charge in [-0.2, -0.15) is 0 Å². The lowest BCUT2D eigenvalue weighted by molar-refractivity contribution is 0.395.